The number of likely N-dealkylation sites (tertiary alicyclic amines) is 2. The first-order valence-electron chi connectivity index (χ1n) is 11.9. The first-order chi connectivity index (χ1) is 16.5. The number of amides is 1. The van der Waals surface area contributed by atoms with Crippen LogP contribution in [0.4, 0.5) is 13.2 Å². The minimum absolute atomic E-state index is 0.0289. The van der Waals surface area contributed by atoms with Gasteiger partial charge in [-0.05, 0) is 62.1 Å². The SMILES string of the molecule is Cc1c(OC[C@H](C)CO)ccc([C@H](C)N2CC3C[C@H]2CN3C(=O)c2ccc(C(F)(F)F)nc2)c1C. The van der Waals surface area contributed by atoms with Gasteiger partial charge in [0.1, 0.15) is 11.4 Å². The molecule has 3 heterocycles. The lowest BCUT2D eigenvalue weighted by atomic mass is 9.96. The minimum Gasteiger partial charge on any atom is -0.493 e. The number of benzene rings is 1. The summed E-state index contributed by atoms with van der Waals surface area (Å²) in [6.07, 6.45) is -2.65. The van der Waals surface area contributed by atoms with Crippen molar-refractivity contribution in [1.82, 2.24) is 14.8 Å². The molecule has 2 aliphatic heterocycles. The molecule has 0 radical (unpaired) electrons. The summed E-state index contributed by atoms with van der Waals surface area (Å²) in [5.74, 6) is 0.623. The van der Waals surface area contributed by atoms with Crippen LogP contribution in [0.3, 0.4) is 0 Å². The molecule has 0 spiro atoms. The summed E-state index contributed by atoms with van der Waals surface area (Å²) >= 11 is 0. The molecule has 9 heteroatoms. The van der Waals surface area contributed by atoms with Gasteiger partial charge in [0.15, 0.2) is 0 Å². The summed E-state index contributed by atoms with van der Waals surface area (Å²) in [6.45, 7) is 10.0. The van der Waals surface area contributed by atoms with Crippen LogP contribution in [-0.4, -0.2) is 64.2 Å². The number of halogens is 3. The highest BCUT2D eigenvalue weighted by molar-refractivity contribution is 5.94. The third-order valence-corrected chi connectivity index (χ3v) is 7.41. The van der Waals surface area contributed by atoms with Gasteiger partial charge in [-0.15, -0.1) is 0 Å². The highest BCUT2D eigenvalue weighted by Crippen LogP contribution is 2.39. The number of rotatable bonds is 7. The van der Waals surface area contributed by atoms with Crippen LogP contribution in [0.15, 0.2) is 30.5 Å². The van der Waals surface area contributed by atoms with E-state index in [9.17, 15) is 23.1 Å². The molecule has 2 bridgehead atoms. The van der Waals surface area contributed by atoms with E-state index < -0.39 is 11.9 Å². The zero-order valence-electron chi connectivity index (χ0n) is 20.5. The number of ether oxygens (including phenoxy) is 1. The van der Waals surface area contributed by atoms with E-state index in [2.05, 4.69) is 29.8 Å². The summed E-state index contributed by atoms with van der Waals surface area (Å²) in [7, 11) is 0. The van der Waals surface area contributed by atoms with Gasteiger partial charge in [0, 0.05) is 49.9 Å². The Kier molecular flexibility index (Phi) is 7.11. The molecule has 1 amide bonds. The largest absolute Gasteiger partial charge is 0.493 e. The predicted molar refractivity (Wildman–Crippen MR) is 125 cm³/mol. The van der Waals surface area contributed by atoms with Crippen LogP contribution in [0, 0.1) is 19.8 Å². The van der Waals surface area contributed by atoms with Gasteiger partial charge in [-0.3, -0.25) is 14.7 Å². The monoisotopic (exact) mass is 491 g/mol. The maximum absolute atomic E-state index is 13.0. The lowest BCUT2D eigenvalue weighted by molar-refractivity contribution is -0.141. The topological polar surface area (TPSA) is 65.9 Å². The molecule has 0 saturated carbocycles. The highest BCUT2D eigenvalue weighted by atomic mass is 19.4. The smallest absolute Gasteiger partial charge is 0.433 e. The van der Waals surface area contributed by atoms with Crippen molar-refractivity contribution in [3.8, 4) is 5.75 Å². The van der Waals surface area contributed by atoms with Crippen LogP contribution in [0.5, 0.6) is 5.75 Å². The molecule has 1 N–H and O–H groups in total. The van der Waals surface area contributed by atoms with Gasteiger partial charge in [-0.1, -0.05) is 13.0 Å². The van der Waals surface area contributed by atoms with Crippen molar-refractivity contribution in [2.24, 2.45) is 5.92 Å². The van der Waals surface area contributed by atoms with E-state index in [0.29, 0.717) is 13.2 Å². The molecule has 4 atom stereocenters. The molecule has 1 aromatic carbocycles. The zero-order chi connectivity index (χ0) is 25.5. The number of hydrogen-bond acceptors (Lipinski definition) is 5. The van der Waals surface area contributed by atoms with E-state index in [4.69, 9.17) is 4.74 Å². The van der Waals surface area contributed by atoms with Crippen molar-refractivity contribution in [2.45, 2.75) is 58.4 Å². The van der Waals surface area contributed by atoms with Crippen LogP contribution in [0.25, 0.3) is 0 Å². The fourth-order valence-electron chi connectivity index (χ4n) is 5.16. The van der Waals surface area contributed by atoms with E-state index >= 15 is 0 Å². The number of nitrogens with zero attached hydrogens (tertiary/aromatic N) is 3. The molecular weight excluding hydrogens is 459 g/mol. The molecule has 4 rings (SSSR count). The van der Waals surface area contributed by atoms with Crippen molar-refractivity contribution in [2.75, 3.05) is 26.3 Å². The lowest BCUT2D eigenvalue weighted by Crippen LogP contribution is -2.49. The Morgan fingerprint density at radius 2 is 1.89 bits per heavy atom. The summed E-state index contributed by atoms with van der Waals surface area (Å²) < 4.78 is 44.3. The van der Waals surface area contributed by atoms with Crippen LogP contribution in [0.2, 0.25) is 0 Å². The van der Waals surface area contributed by atoms with E-state index in [-0.39, 0.29) is 42.1 Å². The Hall–Kier alpha value is -2.65. The van der Waals surface area contributed by atoms with E-state index in [1.165, 1.54) is 11.6 Å². The summed E-state index contributed by atoms with van der Waals surface area (Å²) in [6, 6.07) is 6.53. The minimum atomic E-state index is -4.52. The van der Waals surface area contributed by atoms with Crippen molar-refractivity contribution < 1.29 is 27.8 Å². The normalized spacial score (nSPS) is 21.9. The number of carbonyl (C=O) groups excluding carboxylic acids is 1. The number of piperazine rings is 1. The van der Waals surface area contributed by atoms with Gasteiger partial charge >= 0.3 is 6.18 Å². The predicted octanol–water partition coefficient (Wildman–Crippen LogP) is 4.38. The standard InChI is InChI=1S/C26H32F3N3O3/c1-15(13-33)14-35-23-7-6-22(16(2)17(23)3)18(4)31-11-21-9-20(31)12-32(21)25(34)19-5-8-24(30-10-19)26(27,28)29/h5-8,10,15,18,20-21,33H,9,11-14H2,1-4H3/t15-,18+,20+,21?/m1/s1. The second-order valence-electron chi connectivity index (χ2n) is 9.81. The summed E-state index contributed by atoms with van der Waals surface area (Å²) in [5.41, 5.74) is 2.64. The molecule has 2 fully saturated rings. The highest BCUT2D eigenvalue weighted by Gasteiger charge is 2.47. The van der Waals surface area contributed by atoms with Crippen LogP contribution >= 0.6 is 0 Å². The van der Waals surface area contributed by atoms with E-state index in [0.717, 1.165) is 42.1 Å². The van der Waals surface area contributed by atoms with Crippen molar-refractivity contribution >= 4 is 5.91 Å². The zero-order valence-corrected chi connectivity index (χ0v) is 20.5. The van der Waals surface area contributed by atoms with Crippen molar-refractivity contribution in [3.63, 3.8) is 0 Å². The van der Waals surface area contributed by atoms with Crippen molar-refractivity contribution in [3.05, 3.63) is 58.4 Å². The van der Waals surface area contributed by atoms with Gasteiger partial charge in [0.2, 0.25) is 0 Å². The molecular formula is C26H32F3N3O3. The Balaban J connectivity index is 1.42. The number of alkyl halides is 3. The molecule has 1 unspecified atom stereocenters. The Labute approximate surface area is 203 Å². The number of aliphatic hydroxyl groups is 1. The number of fused-ring (bicyclic) bond motifs is 2. The lowest BCUT2D eigenvalue weighted by Gasteiger charge is -2.38. The fraction of sp³-hybridized carbons (Fsp3) is 0.538. The molecule has 1 aromatic heterocycles. The number of carbonyl (C=O) groups is 1. The van der Waals surface area contributed by atoms with Gasteiger partial charge in [0.05, 0.1) is 12.2 Å². The quantitative estimate of drug-likeness (QED) is 0.623. The first kappa shape index (κ1) is 25.4. The molecule has 35 heavy (non-hydrogen) atoms. The number of hydrogen-bond donors (Lipinski definition) is 1. The second-order valence-corrected chi connectivity index (χ2v) is 9.81. The van der Waals surface area contributed by atoms with Gasteiger partial charge in [0.25, 0.3) is 5.91 Å². The average Bonchev–Trinajstić information content (AvgIpc) is 3.45. The first-order valence-corrected chi connectivity index (χ1v) is 11.9. The second kappa shape index (κ2) is 9.78. The molecule has 2 saturated heterocycles. The molecule has 6 nitrogen and oxygen atoms in total. The number of pyridine rings is 1. The third kappa shape index (κ3) is 5.02. The van der Waals surface area contributed by atoms with Gasteiger partial charge in [-0.2, -0.15) is 13.2 Å². The molecule has 2 aliphatic rings. The fourth-order valence-corrected chi connectivity index (χ4v) is 5.16. The maximum atomic E-state index is 13.0. The van der Waals surface area contributed by atoms with Crippen LogP contribution in [-0.2, 0) is 6.18 Å². The number of aromatic nitrogens is 1. The average molecular weight is 492 g/mol. The van der Waals surface area contributed by atoms with Crippen molar-refractivity contribution in [1.29, 1.82) is 0 Å². The maximum Gasteiger partial charge on any atom is 0.433 e. The summed E-state index contributed by atoms with van der Waals surface area (Å²) in [5, 5.41) is 9.23. The summed E-state index contributed by atoms with van der Waals surface area (Å²) in [4.78, 5) is 20.6. The molecule has 190 valence electrons. The Morgan fingerprint density at radius 1 is 1.14 bits per heavy atom. The third-order valence-electron chi connectivity index (χ3n) is 7.41. The van der Waals surface area contributed by atoms with E-state index in [1.54, 1.807) is 4.90 Å². The van der Waals surface area contributed by atoms with Crippen LogP contribution < -0.4 is 4.74 Å². The van der Waals surface area contributed by atoms with Gasteiger partial charge < -0.3 is 14.7 Å². The van der Waals surface area contributed by atoms with Crippen LogP contribution in [0.1, 0.15) is 59.1 Å². The molecule has 2 aromatic rings. The Bertz CT molecular complexity index is 1070. The number of aliphatic hydroxyl groups excluding tert-OH is 1. The molecule has 0 aliphatic carbocycles. The van der Waals surface area contributed by atoms with E-state index in [1.807, 2.05) is 19.9 Å². The Morgan fingerprint density at radius 3 is 2.46 bits per heavy atom. The van der Waals surface area contributed by atoms with Gasteiger partial charge in [-0.25, -0.2) is 0 Å².